The third kappa shape index (κ3) is 2.35. The standard InChI is InChI=1S/C14H26BNO3/c1-13(2)14(3,4)19-15(18-13)12-8-16-7-11(12)10-5-6-17-9-10/h10-12,16H,5-9H2,1-4H3. The highest BCUT2D eigenvalue weighted by Crippen LogP contribution is 2.45. The lowest BCUT2D eigenvalue weighted by Crippen LogP contribution is -2.41. The van der Waals surface area contributed by atoms with Gasteiger partial charge < -0.3 is 19.4 Å². The molecule has 4 nitrogen and oxygen atoms in total. The SMILES string of the molecule is CC1(C)OB(C2CNCC2C2CCOC2)OC1(C)C. The highest BCUT2D eigenvalue weighted by atomic mass is 16.7. The van der Waals surface area contributed by atoms with Crippen molar-refractivity contribution in [2.45, 2.75) is 51.1 Å². The highest BCUT2D eigenvalue weighted by Gasteiger charge is 2.56. The highest BCUT2D eigenvalue weighted by molar-refractivity contribution is 6.47. The number of hydrogen-bond donors (Lipinski definition) is 1. The van der Waals surface area contributed by atoms with Crippen LogP contribution in [0.3, 0.4) is 0 Å². The maximum atomic E-state index is 6.23. The summed E-state index contributed by atoms with van der Waals surface area (Å²) in [5, 5.41) is 3.52. The largest absolute Gasteiger partial charge is 0.462 e. The van der Waals surface area contributed by atoms with Crippen LogP contribution in [0.25, 0.3) is 0 Å². The molecule has 3 heterocycles. The molecule has 3 aliphatic heterocycles. The number of ether oxygens (including phenoxy) is 1. The molecule has 3 rings (SSSR count). The first kappa shape index (κ1) is 13.9. The van der Waals surface area contributed by atoms with E-state index in [0.29, 0.717) is 17.7 Å². The molecule has 0 bridgehead atoms. The summed E-state index contributed by atoms with van der Waals surface area (Å²) in [5.74, 6) is 1.74. The Morgan fingerprint density at radius 1 is 1.05 bits per heavy atom. The van der Waals surface area contributed by atoms with Crippen LogP contribution >= 0.6 is 0 Å². The van der Waals surface area contributed by atoms with Gasteiger partial charge in [0, 0.05) is 19.0 Å². The molecule has 0 aromatic carbocycles. The van der Waals surface area contributed by atoms with Crippen molar-refractivity contribution in [2.24, 2.45) is 11.8 Å². The van der Waals surface area contributed by atoms with Crippen molar-refractivity contribution >= 4 is 7.12 Å². The second-order valence-electron chi connectivity index (χ2n) is 7.23. The molecule has 0 aromatic rings. The van der Waals surface area contributed by atoms with Gasteiger partial charge in [0.05, 0.1) is 11.2 Å². The second-order valence-corrected chi connectivity index (χ2v) is 7.23. The summed E-state index contributed by atoms with van der Waals surface area (Å²) < 4.78 is 18.0. The fraction of sp³-hybridized carbons (Fsp3) is 1.00. The average Bonchev–Trinajstić information content (AvgIpc) is 3.00. The van der Waals surface area contributed by atoms with Gasteiger partial charge in [-0.2, -0.15) is 0 Å². The lowest BCUT2D eigenvalue weighted by atomic mass is 9.63. The van der Waals surface area contributed by atoms with E-state index in [9.17, 15) is 0 Å². The predicted molar refractivity (Wildman–Crippen MR) is 75.1 cm³/mol. The van der Waals surface area contributed by atoms with E-state index in [0.717, 1.165) is 26.3 Å². The zero-order chi connectivity index (χ0) is 13.7. The van der Waals surface area contributed by atoms with Crippen LogP contribution < -0.4 is 5.32 Å². The van der Waals surface area contributed by atoms with E-state index in [-0.39, 0.29) is 18.3 Å². The fourth-order valence-corrected chi connectivity index (χ4v) is 3.49. The molecule has 0 radical (unpaired) electrons. The Bertz CT molecular complexity index is 326. The van der Waals surface area contributed by atoms with Crippen molar-refractivity contribution in [3.63, 3.8) is 0 Å². The van der Waals surface area contributed by atoms with Crippen molar-refractivity contribution in [1.29, 1.82) is 0 Å². The summed E-state index contributed by atoms with van der Waals surface area (Å²) >= 11 is 0. The minimum atomic E-state index is -0.225. The smallest absolute Gasteiger partial charge is 0.403 e. The summed E-state index contributed by atoms with van der Waals surface area (Å²) in [6.45, 7) is 12.4. The van der Waals surface area contributed by atoms with Crippen LogP contribution in [0.2, 0.25) is 5.82 Å². The molecule has 3 saturated heterocycles. The van der Waals surface area contributed by atoms with E-state index < -0.39 is 0 Å². The molecule has 3 atom stereocenters. The van der Waals surface area contributed by atoms with Crippen LogP contribution in [0.4, 0.5) is 0 Å². The zero-order valence-electron chi connectivity index (χ0n) is 12.6. The van der Waals surface area contributed by atoms with Crippen LogP contribution in [-0.4, -0.2) is 44.6 Å². The van der Waals surface area contributed by atoms with Gasteiger partial charge in [0.2, 0.25) is 0 Å². The van der Waals surface area contributed by atoms with Gasteiger partial charge in [0.15, 0.2) is 0 Å². The molecule has 0 spiro atoms. The van der Waals surface area contributed by atoms with Gasteiger partial charge in [-0.3, -0.25) is 0 Å². The molecule has 3 aliphatic rings. The van der Waals surface area contributed by atoms with Crippen molar-refractivity contribution < 1.29 is 14.0 Å². The van der Waals surface area contributed by atoms with Crippen molar-refractivity contribution in [1.82, 2.24) is 5.32 Å². The van der Waals surface area contributed by atoms with Gasteiger partial charge in [0.1, 0.15) is 0 Å². The van der Waals surface area contributed by atoms with Gasteiger partial charge in [-0.25, -0.2) is 0 Å². The molecule has 0 aliphatic carbocycles. The van der Waals surface area contributed by atoms with E-state index in [4.69, 9.17) is 14.0 Å². The van der Waals surface area contributed by atoms with Gasteiger partial charge in [-0.15, -0.1) is 0 Å². The van der Waals surface area contributed by atoms with Crippen molar-refractivity contribution in [2.75, 3.05) is 26.3 Å². The molecule has 19 heavy (non-hydrogen) atoms. The van der Waals surface area contributed by atoms with E-state index in [1.807, 2.05) is 0 Å². The summed E-state index contributed by atoms with van der Waals surface area (Å²) in [6.07, 6.45) is 1.18. The van der Waals surface area contributed by atoms with E-state index in [1.54, 1.807) is 0 Å². The fourth-order valence-electron chi connectivity index (χ4n) is 3.49. The second kappa shape index (κ2) is 4.73. The summed E-state index contributed by atoms with van der Waals surface area (Å²) in [7, 11) is -0.0781. The quantitative estimate of drug-likeness (QED) is 0.773. The molecule has 0 amide bonds. The molecular weight excluding hydrogens is 241 g/mol. The Kier molecular flexibility index (Phi) is 3.45. The van der Waals surface area contributed by atoms with Crippen LogP contribution in [0.1, 0.15) is 34.1 Å². The summed E-state index contributed by atoms with van der Waals surface area (Å²) in [4.78, 5) is 0. The molecular formula is C14H26BNO3. The van der Waals surface area contributed by atoms with Gasteiger partial charge in [-0.05, 0) is 59.0 Å². The third-order valence-electron chi connectivity index (χ3n) is 5.50. The Hall–Kier alpha value is -0.0951. The monoisotopic (exact) mass is 267 g/mol. The molecule has 3 fully saturated rings. The maximum absolute atomic E-state index is 6.23. The Morgan fingerprint density at radius 3 is 2.32 bits per heavy atom. The van der Waals surface area contributed by atoms with Gasteiger partial charge in [-0.1, -0.05) is 0 Å². The topological polar surface area (TPSA) is 39.7 Å². The Morgan fingerprint density at radius 2 is 1.74 bits per heavy atom. The zero-order valence-corrected chi connectivity index (χ0v) is 12.6. The van der Waals surface area contributed by atoms with Crippen molar-refractivity contribution in [3.8, 4) is 0 Å². The van der Waals surface area contributed by atoms with E-state index >= 15 is 0 Å². The third-order valence-corrected chi connectivity index (χ3v) is 5.50. The molecule has 0 aromatic heterocycles. The minimum absolute atomic E-state index is 0.0781. The minimum Gasteiger partial charge on any atom is -0.403 e. The molecule has 0 saturated carbocycles. The maximum Gasteiger partial charge on any atom is 0.462 e. The summed E-state index contributed by atoms with van der Waals surface area (Å²) in [5.41, 5.74) is -0.450. The first-order valence-electron chi connectivity index (χ1n) is 7.55. The average molecular weight is 267 g/mol. The van der Waals surface area contributed by atoms with E-state index in [1.165, 1.54) is 6.42 Å². The van der Waals surface area contributed by atoms with Gasteiger partial charge in [0.25, 0.3) is 0 Å². The van der Waals surface area contributed by atoms with Crippen LogP contribution in [0, 0.1) is 11.8 Å². The summed E-state index contributed by atoms with van der Waals surface area (Å²) in [6, 6.07) is 0. The molecule has 108 valence electrons. The molecule has 5 heteroatoms. The lowest BCUT2D eigenvalue weighted by molar-refractivity contribution is 0.00578. The van der Waals surface area contributed by atoms with Crippen LogP contribution in [0.5, 0.6) is 0 Å². The van der Waals surface area contributed by atoms with E-state index in [2.05, 4.69) is 33.0 Å². The Balaban J connectivity index is 1.72. The normalized spacial score (nSPS) is 41.1. The first-order valence-corrected chi connectivity index (χ1v) is 7.55. The van der Waals surface area contributed by atoms with Gasteiger partial charge >= 0.3 is 7.12 Å². The first-order chi connectivity index (χ1) is 8.91. The number of hydrogen-bond acceptors (Lipinski definition) is 4. The van der Waals surface area contributed by atoms with Crippen molar-refractivity contribution in [3.05, 3.63) is 0 Å². The number of nitrogens with one attached hydrogen (secondary N) is 1. The van der Waals surface area contributed by atoms with Crippen LogP contribution in [0.15, 0.2) is 0 Å². The molecule has 3 unspecified atom stereocenters. The van der Waals surface area contributed by atoms with Crippen LogP contribution in [-0.2, 0) is 14.0 Å². The Labute approximate surface area is 116 Å². The number of rotatable bonds is 2. The lowest BCUT2D eigenvalue weighted by Gasteiger charge is -2.32. The molecule has 1 N–H and O–H groups in total. The predicted octanol–water partition coefficient (Wildman–Crippen LogP) is 1.70.